The molecule has 2 amide bonds. The highest BCUT2D eigenvalue weighted by Crippen LogP contribution is 2.35. The minimum atomic E-state index is -0.562. The Morgan fingerprint density at radius 3 is 1.27 bits per heavy atom. The summed E-state index contributed by atoms with van der Waals surface area (Å²) in [4.78, 5) is 35.7. The lowest BCUT2D eigenvalue weighted by Crippen LogP contribution is -2.49. The van der Waals surface area contributed by atoms with Crippen molar-refractivity contribution in [2.24, 2.45) is 0 Å². The number of benzene rings is 4. The molecule has 0 saturated carbocycles. The van der Waals surface area contributed by atoms with Gasteiger partial charge in [0.2, 0.25) is 11.8 Å². The van der Waals surface area contributed by atoms with Gasteiger partial charge in [-0.15, -0.1) is 0 Å². The Hall–Kier alpha value is -5.42. The summed E-state index contributed by atoms with van der Waals surface area (Å²) in [7, 11) is 3.04. The van der Waals surface area contributed by atoms with E-state index in [1.165, 1.54) is 14.2 Å². The molecule has 51 heavy (non-hydrogen) atoms. The highest BCUT2D eigenvalue weighted by Gasteiger charge is 2.30. The lowest BCUT2D eigenvalue weighted by molar-refractivity contribution is -0.139. The van der Waals surface area contributed by atoms with Crippen molar-refractivity contribution in [1.82, 2.24) is 9.80 Å². The molecule has 2 saturated heterocycles. The van der Waals surface area contributed by atoms with Crippen LogP contribution in [0.4, 0.5) is 11.4 Å². The second-order valence-electron chi connectivity index (χ2n) is 12.8. The Morgan fingerprint density at radius 1 is 0.569 bits per heavy atom. The van der Waals surface area contributed by atoms with Crippen LogP contribution in [0.5, 0.6) is 23.0 Å². The third-order valence-corrected chi connectivity index (χ3v) is 9.71. The van der Waals surface area contributed by atoms with E-state index in [2.05, 4.69) is 9.80 Å². The van der Waals surface area contributed by atoms with Crippen molar-refractivity contribution in [2.45, 2.75) is 25.0 Å². The number of hydrogen-bond acceptors (Lipinski definition) is 9. The van der Waals surface area contributed by atoms with E-state index in [1.54, 1.807) is 24.3 Å². The number of rotatable bonds is 12. The molecular formula is C40H46N4O7. The van der Waals surface area contributed by atoms with Gasteiger partial charge < -0.3 is 44.0 Å². The number of methoxy groups -OCH3 is 2. The van der Waals surface area contributed by atoms with Crippen LogP contribution in [-0.4, -0.2) is 98.4 Å². The molecule has 2 fully saturated rings. The first-order valence-corrected chi connectivity index (χ1v) is 17.4. The molecule has 268 valence electrons. The summed E-state index contributed by atoms with van der Waals surface area (Å²) in [5.41, 5.74) is 3.51. The van der Waals surface area contributed by atoms with Crippen molar-refractivity contribution < 1.29 is 34.0 Å². The first-order chi connectivity index (χ1) is 24.8. The van der Waals surface area contributed by atoms with Crippen molar-refractivity contribution in [3.63, 3.8) is 0 Å². The molecule has 11 heteroatoms. The van der Waals surface area contributed by atoms with Crippen LogP contribution in [0.25, 0.3) is 0 Å². The summed E-state index contributed by atoms with van der Waals surface area (Å²) in [6, 6.07) is 30.1. The second kappa shape index (κ2) is 16.5. The van der Waals surface area contributed by atoms with E-state index in [4.69, 9.17) is 14.2 Å². The van der Waals surface area contributed by atoms with Crippen LogP contribution in [0, 0.1) is 0 Å². The summed E-state index contributed by atoms with van der Waals surface area (Å²) in [5.74, 6) is 0.979. The quantitative estimate of drug-likeness (QED) is 0.202. The zero-order valence-electron chi connectivity index (χ0n) is 29.2. The molecule has 2 aliphatic heterocycles. The zero-order chi connectivity index (χ0) is 35.7. The molecule has 0 aliphatic carbocycles. The molecule has 6 rings (SSSR count). The minimum Gasteiger partial charge on any atom is -0.504 e. The summed E-state index contributed by atoms with van der Waals surface area (Å²) in [6.45, 7) is 4.66. The monoisotopic (exact) mass is 694 g/mol. The maximum absolute atomic E-state index is 13.8. The predicted molar refractivity (Wildman–Crippen MR) is 196 cm³/mol. The number of phenols is 2. The molecule has 4 aromatic rings. The zero-order valence-corrected chi connectivity index (χ0v) is 29.2. The first-order valence-electron chi connectivity index (χ1n) is 17.4. The molecule has 2 N–H and O–H groups in total. The van der Waals surface area contributed by atoms with Gasteiger partial charge in [0.25, 0.3) is 0 Å². The smallest absolute Gasteiger partial charge is 0.225 e. The van der Waals surface area contributed by atoms with E-state index in [9.17, 15) is 19.8 Å². The van der Waals surface area contributed by atoms with E-state index >= 15 is 0 Å². The number of phenolic OH excluding ortho intramolecular Hbond substituents is 2. The number of anilines is 2. The van der Waals surface area contributed by atoms with Gasteiger partial charge in [0.1, 0.15) is 0 Å². The SMILES string of the molecule is COc1ccc(N2CCN(C(=O)C[C@@H](O[C@H](CC(=O)N3CCN(c4ccc(OC)c(O)c4)CC3)c3ccccc3)c3ccccc3)CC2)cc1O. The first kappa shape index (κ1) is 35.4. The fraction of sp³-hybridized carbons (Fsp3) is 0.350. The van der Waals surface area contributed by atoms with Crippen LogP contribution >= 0.6 is 0 Å². The maximum Gasteiger partial charge on any atom is 0.225 e. The van der Waals surface area contributed by atoms with Crippen LogP contribution in [0.15, 0.2) is 97.1 Å². The van der Waals surface area contributed by atoms with Crippen molar-refractivity contribution in [2.75, 3.05) is 76.4 Å². The number of ether oxygens (including phenoxy) is 3. The topological polar surface area (TPSA) is 115 Å². The van der Waals surface area contributed by atoms with Gasteiger partial charge in [-0.05, 0) is 35.4 Å². The van der Waals surface area contributed by atoms with E-state index in [0.29, 0.717) is 63.9 Å². The average Bonchev–Trinajstić information content (AvgIpc) is 3.18. The van der Waals surface area contributed by atoms with Gasteiger partial charge in [0.15, 0.2) is 23.0 Å². The fourth-order valence-electron chi connectivity index (χ4n) is 6.78. The van der Waals surface area contributed by atoms with Crippen LogP contribution in [0.3, 0.4) is 0 Å². The van der Waals surface area contributed by atoms with Crippen LogP contribution in [-0.2, 0) is 14.3 Å². The summed E-state index contributed by atoms with van der Waals surface area (Å²) in [6.07, 6.45) is -0.850. The number of amides is 2. The van der Waals surface area contributed by atoms with Crippen LogP contribution in [0.1, 0.15) is 36.2 Å². The standard InChI is InChI=1S/C40H46N4O7/c1-49-35-15-13-31(25-33(35)45)41-17-21-43(22-18-41)39(47)27-37(29-9-5-3-6-10-29)51-38(30-11-7-4-8-12-30)28-40(48)44-23-19-42(20-24-44)32-14-16-36(50-2)34(46)26-32/h3-16,25-26,37-38,45-46H,17-24,27-28H2,1-2H3/t37-,38-/m1/s1. The largest absolute Gasteiger partial charge is 0.504 e. The Morgan fingerprint density at radius 2 is 0.941 bits per heavy atom. The van der Waals surface area contributed by atoms with Gasteiger partial charge in [-0.25, -0.2) is 0 Å². The molecule has 2 heterocycles. The van der Waals surface area contributed by atoms with Gasteiger partial charge in [-0.3, -0.25) is 9.59 Å². The maximum atomic E-state index is 13.8. The minimum absolute atomic E-state index is 0.0140. The highest BCUT2D eigenvalue weighted by molar-refractivity contribution is 5.78. The normalized spacial score (nSPS) is 16.0. The number of piperazine rings is 2. The number of carbonyl (C=O) groups is 2. The molecule has 4 aromatic carbocycles. The molecular weight excluding hydrogens is 648 g/mol. The van der Waals surface area contributed by atoms with E-state index in [0.717, 1.165) is 22.5 Å². The van der Waals surface area contributed by atoms with Crippen LogP contribution < -0.4 is 19.3 Å². The molecule has 0 unspecified atom stereocenters. The third kappa shape index (κ3) is 8.67. The Balaban J connectivity index is 1.11. The molecule has 11 nitrogen and oxygen atoms in total. The molecule has 2 atom stereocenters. The lowest BCUT2D eigenvalue weighted by Gasteiger charge is -2.37. The van der Waals surface area contributed by atoms with E-state index in [-0.39, 0.29) is 36.2 Å². The summed E-state index contributed by atoms with van der Waals surface area (Å²) >= 11 is 0. The summed E-state index contributed by atoms with van der Waals surface area (Å²) in [5, 5.41) is 20.5. The fourth-order valence-corrected chi connectivity index (χ4v) is 6.78. The van der Waals surface area contributed by atoms with Crippen molar-refractivity contribution in [3.05, 3.63) is 108 Å². The second-order valence-corrected chi connectivity index (χ2v) is 12.8. The molecule has 2 aliphatic rings. The van der Waals surface area contributed by atoms with Gasteiger partial charge in [-0.2, -0.15) is 0 Å². The van der Waals surface area contributed by atoms with Crippen LogP contribution in [0.2, 0.25) is 0 Å². The Bertz CT molecular complexity index is 1630. The average molecular weight is 695 g/mol. The van der Waals surface area contributed by atoms with E-state index in [1.807, 2.05) is 82.6 Å². The molecule has 0 radical (unpaired) electrons. The Kier molecular flexibility index (Phi) is 11.5. The highest BCUT2D eigenvalue weighted by atomic mass is 16.5. The number of nitrogens with zero attached hydrogens (tertiary/aromatic N) is 4. The number of hydrogen-bond donors (Lipinski definition) is 2. The molecule has 0 bridgehead atoms. The summed E-state index contributed by atoms with van der Waals surface area (Å²) < 4.78 is 17.2. The van der Waals surface area contributed by atoms with Gasteiger partial charge in [-0.1, -0.05) is 60.7 Å². The van der Waals surface area contributed by atoms with Gasteiger partial charge in [0, 0.05) is 75.9 Å². The predicted octanol–water partition coefficient (Wildman–Crippen LogP) is 5.39. The molecule has 0 aromatic heterocycles. The number of aromatic hydroxyl groups is 2. The van der Waals surface area contributed by atoms with Crippen molar-refractivity contribution in [3.8, 4) is 23.0 Å². The van der Waals surface area contributed by atoms with Crippen molar-refractivity contribution in [1.29, 1.82) is 0 Å². The Labute approximate surface area is 299 Å². The van der Waals surface area contributed by atoms with E-state index < -0.39 is 12.2 Å². The number of carbonyl (C=O) groups excluding carboxylic acids is 2. The van der Waals surface area contributed by atoms with Gasteiger partial charge >= 0.3 is 0 Å². The lowest BCUT2D eigenvalue weighted by atomic mass is 10.0. The third-order valence-electron chi connectivity index (χ3n) is 9.71. The van der Waals surface area contributed by atoms with Gasteiger partial charge in [0.05, 0.1) is 39.3 Å². The molecule has 0 spiro atoms. The van der Waals surface area contributed by atoms with Crippen molar-refractivity contribution >= 4 is 23.2 Å².